The van der Waals surface area contributed by atoms with Crippen molar-refractivity contribution >= 4 is 11.4 Å². The summed E-state index contributed by atoms with van der Waals surface area (Å²) in [6, 6.07) is 15.0. The second-order valence-electron chi connectivity index (χ2n) is 5.05. The van der Waals surface area contributed by atoms with Gasteiger partial charge in [-0.2, -0.15) is 0 Å². The molecule has 3 rings (SSSR count). The first-order valence-corrected chi connectivity index (χ1v) is 6.40. The third-order valence-corrected chi connectivity index (χ3v) is 3.66. The number of nitrogens with zero attached hydrogens (tertiary/aromatic N) is 1. The van der Waals surface area contributed by atoms with E-state index < -0.39 is 0 Å². The minimum absolute atomic E-state index is 0.828. The monoisotopic (exact) mass is 238 g/mol. The summed E-state index contributed by atoms with van der Waals surface area (Å²) in [5, 5.41) is 0. The number of anilines is 2. The molecule has 18 heavy (non-hydrogen) atoms. The van der Waals surface area contributed by atoms with Crippen LogP contribution in [0.3, 0.4) is 0 Å². The van der Waals surface area contributed by atoms with Crippen LogP contribution < -0.4 is 10.6 Å². The van der Waals surface area contributed by atoms with Crippen LogP contribution in [0.1, 0.15) is 16.7 Å². The van der Waals surface area contributed by atoms with Gasteiger partial charge in [-0.15, -0.1) is 0 Å². The molecule has 1 aliphatic heterocycles. The number of fused-ring (bicyclic) bond motifs is 1. The molecule has 0 spiro atoms. The highest BCUT2D eigenvalue weighted by Crippen LogP contribution is 2.28. The van der Waals surface area contributed by atoms with E-state index >= 15 is 0 Å². The van der Waals surface area contributed by atoms with E-state index in [2.05, 4.69) is 42.3 Å². The number of rotatable bonds is 2. The van der Waals surface area contributed by atoms with Gasteiger partial charge in [-0.1, -0.05) is 24.3 Å². The van der Waals surface area contributed by atoms with Crippen LogP contribution in [0.5, 0.6) is 0 Å². The number of hydrogen-bond donors (Lipinski definition) is 1. The smallest absolute Gasteiger partial charge is 0.0397 e. The van der Waals surface area contributed by atoms with Crippen molar-refractivity contribution < 1.29 is 0 Å². The summed E-state index contributed by atoms with van der Waals surface area (Å²) in [4.78, 5) is 2.32. The van der Waals surface area contributed by atoms with Crippen LogP contribution in [-0.2, 0) is 12.8 Å². The molecule has 92 valence electrons. The molecule has 0 aliphatic carbocycles. The zero-order chi connectivity index (χ0) is 12.5. The molecule has 0 bridgehead atoms. The Bertz CT molecular complexity index is 558. The lowest BCUT2D eigenvalue weighted by Gasteiger charge is -2.12. The maximum absolute atomic E-state index is 5.70. The van der Waals surface area contributed by atoms with Gasteiger partial charge in [0.25, 0.3) is 0 Å². The molecular formula is C16H18N2. The summed E-state index contributed by atoms with van der Waals surface area (Å²) in [5.74, 6) is 0. The quantitative estimate of drug-likeness (QED) is 0.815. The fraction of sp³-hybridized carbons (Fsp3) is 0.250. The average molecular weight is 238 g/mol. The maximum Gasteiger partial charge on any atom is 0.0397 e. The van der Waals surface area contributed by atoms with E-state index in [1.54, 1.807) is 0 Å². The highest BCUT2D eigenvalue weighted by atomic mass is 15.1. The van der Waals surface area contributed by atoms with E-state index in [1.165, 1.54) is 28.8 Å². The molecule has 0 saturated carbocycles. The lowest BCUT2D eigenvalue weighted by atomic mass is 10.0. The van der Waals surface area contributed by atoms with Gasteiger partial charge in [0.2, 0.25) is 0 Å². The minimum Gasteiger partial charge on any atom is -0.399 e. The molecule has 0 atom stereocenters. The normalized spacial score (nSPS) is 13.7. The van der Waals surface area contributed by atoms with E-state index in [0.717, 1.165) is 18.7 Å². The Morgan fingerprint density at radius 3 is 2.56 bits per heavy atom. The molecule has 0 saturated heterocycles. The second kappa shape index (κ2) is 4.37. The molecule has 0 fully saturated rings. The van der Waals surface area contributed by atoms with Crippen LogP contribution in [0.2, 0.25) is 0 Å². The zero-order valence-corrected chi connectivity index (χ0v) is 10.7. The van der Waals surface area contributed by atoms with Crippen molar-refractivity contribution in [3.8, 4) is 0 Å². The Morgan fingerprint density at radius 1 is 1.06 bits per heavy atom. The maximum atomic E-state index is 5.70. The van der Waals surface area contributed by atoms with Crippen molar-refractivity contribution in [1.29, 1.82) is 0 Å². The highest BCUT2D eigenvalue weighted by molar-refractivity contribution is 5.58. The van der Waals surface area contributed by atoms with E-state index in [9.17, 15) is 0 Å². The number of nitrogens with two attached hydrogens (primary N) is 1. The first kappa shape index (κ1) is 11.1. The van der Waals surface area contributed by atoms with Gasteiger partial charge in [0.15, 0.2) is 0 Å². The lowest BCUT2D eigenvalue weighted by Crippen LogP contribution is -2.12. The molecule has 0 radical (unpaired) electrons. The first-order chi connectivity index (χ1) is 8.72. The molecule has 2 aromatic carbocycles. The van der Waals surface area contributed by atoms with Crippen LogP contribution in [0.25, 0.3) is 0 Å². The highest BCUT2D eigenvalue weighted by Gasteiger charge is 2.15. The van der Waals surface area contributed by atoms with Crippen molar-refractivity contribution in [3.63, 3.8) is 0 Å². The van der Waals surface area contributed by atoms with Crippen molar-refractivity contribution in [3.05, 3.63) is 59.2 Å². The zero-order valence-electron chi connectivity index (χ0n) is 10.7. The van der Waals surface area contributed by atoms with Crippen molar-refractivity contribution in [1.82, 2.24) is 0 Å². The molecule has 2 heteroatoms. The average Bonchev–Trinajstić information content (AvgIpc) is 2.74. The van der Waals surface area contributed by atoms with Crippen LogP contribution in [-0.4, -0.2) is 13.6 Å². The van der Waals surface area contributed by atoms with Crippen LogP contribution in [0, 0.1) is 0 Å². The van der Waals surface area contributed by atoms with Crippen LogP contribution >= 0.6 is 0 Å². The van der Waals surface area contributed by atoms with Gasteiger partial charge >= 0.3 is 0 Å². The second-order valence-corrected chi connectivity index (χ2v) is 5.05. The van der Waals surface area contributed by atoms with Gasteiger partial charge in [-0.05, 0) is 47.7 Å². The third-order valence-electron chi connectivity index (χ3n) is 3.66. The molecule has 1 heterocycles. The summed E-state index contributed by atoms with van der Waals surface area (Å²) in [7, 11) is 2.16. The fourth-order valence-electron chi connectivity index (χ4n) is 2.60. The topological polar surface area (TPSA) is 29.3 Å². The minimum atomic E-state index is 0.828. The summed E-state index contributed by atoms with van der Waals surface area (Å²) in [5.41, 5.74) is 12.1. The summed E-state index contributed by atoms with van der Waals surface area (Å²) in [6.45, 7) is 1.14. The third kappa shape index (κ3) is 2.06. The Kier molecular flexibility index (Phi) is 2.71. The molecule has 1 aliphatic rings. The van der Waals surface area contributed by atoms with E-state index in [1.807, 2.05) is 12.1 Å². The van der Waals surface area contributed by atoms with Gasteiger partial charge in [-0.3, -0.25) is 0 Å². The molecule has 2 N–H and O–H groups in total. The molecule has 0 unspecified atom stereocenters. The van der Waals surface area contributed by atoms with Gasteiger partial charge in [0.05, 0.1) is 0 Å². The summed E-state index contributed by atoms with van der Waals surface area (Å²) >= 11 is 0. The van der Waals surface area contributed by atoms with Crippen molar-refractivity contribution in [2.75, 3.05) is 24.2 Å². The summed E-state index contributed by atoms with van der Waals surface area (Å²) < 4.78 is 0. The Labute approximate surface area is 108 Å². The van der Waals surface area contributed by atoms with Crippen molar-refractivity contribution in [2.45, 2.75) is 12.8 Å². The van der Waals surface area contributed by atoms with Gasteiger partial charge in [0, 0.05) is 25.0 Å². The van der Waals surface area contributed by atoms with E-state index in [0.29, 0.717) is 0 Å². The van der Waals surface area contributed by atoms with Gasteiger partial charge in [-0.25, -0.2) is 0 Å². The first-order valence-electron chi connectivity index (χ1n) is 6.40. The Balaban J connectivity index is 1.84. The predicted octanol–water partition coefficient (Wildman–Crippen LogP) is 2.85. The molecule has 2 nitrogen and oxygen atoms in total. The molecule has 0 aromatic heterocycles. The summed E-state index contributed by atoms with van der Waals surface area (Å²) in [6.07, 6.45) is 2.15. The SMILES string of the molecule is CN1CCc2cc(Cc3ccc(N)cc3)ccc21. The van der Waals surface area contributed by atoms with E-state index in [-0.39, 0.29) is 0 Å². The van der Waals surface area contributed by atoms with Gasteiger partial charge in [0.1, 0.15) is 0 Å². The lowest BCUT2D eigenvalue weighted by molar-refractivity contribution is 0.956. The van der Waals surface area contributed by atoms with Crippen LogP contribution in [0.4, 0.5) is 11.4 Å². The Hall–Kier alpha value is -1.96. The molecular weight excluding hydrogens is 220 g/mol. The standard InChI is InChI=1S/C16H18N2/c1-18-9-8-14-11-13(4-7-16(14)18)10-12-2-5-15(17)6-3-12/h2-7,11H,8-10,17H2,1H3. The van der Waals surface area contributed by atoms with Crippen molar-refractivity contribution in [2.24, 2.45) is 0 Å². The number of likely N-dealkylation sites (N-methyl/N-ethyl adjacent to an activating group) is 1. The fourth-order valence-corrected chi connectivity index (χ4v) is 2.60. The number of nitrogen functional groups attached to an aromatic ring is 1. The largest absolute Gasteiger partial charge is 0.399 e. The Morgan fingerprint density at radius 2 is 1.78 bits per heavy atom. The van der Waals surface area contributed by atoms with Gasteiger partial charge < -0.3 is 10.6 Å². The molecule has 0 amide bonds. The predicted molar refractivity (Wildman–Crippen MR) is 77.1 cm³/mol. The molecule has 2 aromatic rings. The number of hydrogen-bond acceptors (Lipinski definition) is 2. The van der Waals surface area contributed by atoms with Crippen LogP contribution in [0.15, 0.2) is 42.5 Å². The van der Waals surface area contributed by atoms with E-state index in [4.69, 9.17) is 5.73 Å². The number of benzene rings is 2.